The van der Waals surface area contributed by atoms with E-state index in [1.54, 1.807) is 12.1 Å². The summed E-state index contributed by atoms with van der Waals surface area (Å²) in [4.78, 5) is 0. The molecule has 17 heavy (non-hydrogen) atoms. The third-order valence-corrected chi connectivity index (χ3v) is 3.73. The number of nitrogens with zero attached hydrogens (tertiary/aromatic N) is 2. The Labute approximate surface area is 111 Å². The topological polar surface area (TPSA) is 37.8 Å². The SMILES string of the molecule is CCc1nnc(NCc2cc(Br)ccc2F)s1. The molecule has 0 bridgehead atoms. The highest BCUT2D eigenvalue weighted by Gasteiger charge is 2.05. The molecule has 0 fully saturated rings. The van der Waals surface area contributed by atoms with Crippen LogP contribution in [0.25, 0.3) is 0 Å². The van der Waals surface area contributed by atoms with Gasteiger partial charge in [0.1, 0.15) is 10.8 Å². The zero-order valence-corrected chi connectivity index (χ0v) is 11.6. The first-order valence-electron chi connectivity index (χ1n) is 5.19. The van der Waals surface area contributed by atoms with Crippen LogP contribution in [0.15, 0.2) is 22.7 Å². The van der Waals surface area contributed by atoms with Crippen molar-refractivity contribution in [2.75, 3.05) is 5.32 Å². The van der Waals surface area contributed by atoms with Crippen molar-refractivity contribution in [3.63, 3.8) is 0 Å². The molecule has 0 radical (unpaired) electrons. The predicted octanol–water partition coefficient (Wildman–Crippen LogP) is 3.61. The first-order chi connectivity index (χ1) is 8.19. The first kappa shape index (κ1) is 12.4. The molecule has 6 heteroatoms. The smallest absolute Gasteiger partial charge is 0.205 e. The molecule has 0 saturated heterocycles. The van der Waals surface area contributed by atoms with Crippen LogP contribution in [0.2, 0.25) is 0 Å². The Morgan fingerprint density at radius 3 is 2.94 bits per heavy atom. The number of hydrogen-bond donors (Lipinski definition) is 1. The maximum atomic E-state index is 13.5. The van der Waals surface area contributed by atoms with Crippen LogP contribution >= 0.6 is 27.3 Å². The molecule has 0 spiro atoms. The van der Waals surface area contributed by atoms with Crippen molar-refractivity contribution in [2.24, 2.45) is 0 Å². The van der Waals surface area contributed by atoms with Crippen molar-refractivity contribution in [2.45, 2.75) is 19.9 Å². The molecule has 3 nitrogen and oxygen atoms in total. The van der Waals surface area contributed by atoms with Crippen molar-refractivity contribution in [1.82, 2.24) is 10.2 Å². The van der Waals surface area contributed by atoms with Crippen molar-refractivity contribution in [1.29, 1.82) is 0 Å². The molecule has 0 aliphatic rings. The number of nitrogens with one attached hydrogen (secondary N) is 1. The summed E-state index contributed by atoms with van der Waals surface area (Å²) in [6.07, 6.45) is 0.866. The van der Waals surface area contributed by atoms with Gasteiger partial charge in [-0.2, -0.15) is 0 Å². The van der Waals surface area contributed by atoms with E-state index in [4.69, 9.17) is 0 Å². The van der Waals surface area contributed by atoms with Gasteiger partial charge in [-0.1, -0.05) is 34.2 Å². The van der Waals surface area contributed by atoms with Crippen LogP contribution in [-0.4, -0.2) is 10.2 Å². The van der Waals surface area contributed by atoms with Gasteiger partial charge in [0.05, 0.1) is 0 Å². The number of hydrogen-bond acceptors (Lipinski definition) is 4. The van der Waals surface area contributed by atoms with Gasteiger partial charge in [0, 0.05) is 16.6 Å². The fraction of sp³-hybridized carbons (Fsp3) is 0.273. The highest BCUT2D eigenvalue weighted by Crippen LogP contribution is 2.19. The standard InChI is InChI=1S/C11H11BrFN3S/c1-2-10-15-16-11(17-10)14-6-7-5-8(12)3-4-9(7)13/h3-5H,2,6H2,1H3,(H,14,16). The van der Waals surface area contributed by atoms with Crippen LogP contribution in [0.4, 0.5) is 9.52 Å². The number of rotatable bonds is 4. The maximum absolute atomic E-state index is 13.5. The molecule has 1 aromatic carbocycles. The Morgan fingerprint density at radius 1 is 1.41 bits per heavy atom. The largest absolute Gasteiger partial charge is 0.356 e. The van der Waals surface area contributed by atoms with Crippen molar-refractivity contribution in [3.8, 4) is 0 Å². The Kier molecular flexibility index (Phi) is 4.06. The number of aryl methyl sites for hydroxylation is 1. The van der Waals surface area contributed by atoms with Crippen LogP contribution in [-0.2, 0) is 13.0 Å². The van der Waals surface area contributed by atoms with Gasteiger partial charge in [-0.15, -0.1) is 10.2 Å². The van der Waals surface area contributed by atoms with E-state index < -0.39 is 0 Å². The fourth-order valence-electron chi connectivity index (χ4n) is 1.32. The molecule has 0 aliphatic heterocycles. The Hall–Kier alpha value is -1.01. The summed E-state index contributed by atoms with van der Waals surface area (Å²) in [7, 11) is 0. The van der Waals surface area contributed by atoms with Gasteiger partial charge in [0.25, 0.3) is 0 Å². The zero-order chi connectivity index (χ0) is 12.3. The van der Waals surface area contributed by atoms with Crippen LogP contribution < -0.4 is 5.32 Å². The number of anilines is 1. The van der Waals surface area contributed by atoms with E-state index in [9.17, 15) is 4.39 Å². The summed E-state index contributed by atoms with van der Waals surface area (Å²) in [5, 5.41) is 12.7. The Morgan fingerprint density at radius 2 is 2.24 bits per heavy atom. The molecule has 1 N–H and O–H groups in total. The molecule has 1 aromatic heterocycles. The average molecular weight is 316 g/mol. The summed E-state index contributed by atoms with van der Waals surface area (Å²) in [6.45, 7) is 2.43. The minimum Gasteiger partial charge on any atom is -0.356 e. The van der Waals surface area contributed by atoms with Gasteiger partial charge in [0.15, 0.2) is 0 Å². The second-order valence-electron chi connectivity index (χ2n) is 3.44. The van der Waals surface area contributed by atoms with E-state index in [1.165, 1.54) is 17.4 Å². The summed E-state index contributed by atoms with van der Waals surface area (Å²) in [6, 6.07) is 4.88. The van der Waals surface area contributed by atoms with Crippen LogP contribution in [0.3, 0.4) is 0 Å². The van der Waals surface area contributed by atoms with Gasteiger partial charge >= 0.3 is 0 Å². The minimum atomic E-state index is -0.221. The molecule has 1 heterocycles. The summed E-state index contributed by atoms with van der Waals surface area (Å²) >= 11 is 4.81. The lowest BCUT2D eigenvalue weighted by Crippen LogP contribution is -2.01. The molecule has 0 saturated carbocycles. The molecule has 0 atom stereocenters. The van der Waals surface area contributed by atoms with Crippen LogP contribution in [0.5, 0.6) is 0 Å². The maximum Gasteiger partial charge on any atom is 0.205 e. The third-order valence-electron chi connectivity index (χ3n) is 2.21. The van der Waals surface area contributed by atoms with Crippen LogP contribution in [0.1, 0.15) is 17.5 Å². The normalized spacial score (nSPS) is 10.5. The zero-order valence-electron chi connectivity index (χ0n) is 9.20. The van der Waals surface area contributed by atoms with Gasteiger partial charge in [-0.25, -0.2) is 4.39 Å². The van der Waals surface area contributed by atoms with Gasteiger partial charge in [-0.3, -0.25) is 0 Å². The Balaban J connectivity index is 2.04. The summed E-state index contributed by atoms with van der Waals surface area (Å²) in [5.74, 6) is -0.221. The second-order valence-corrected chi connectivity index (χ2v) is 5.42. The van der Waals surface area contributed by atoms with E-state index in [-0.39, 0.29) is 5.82 Å². The number of benzene rings is 1. The first-order valence-corrected chi connectivity index (χ1v) is 6.80. The summed E-state index contributed by atoms with van der Waals surface area (Å²) < 4.78 is 14.3. The lowest BCUT2D eigenvalue weighted by atomic mass is 10.2. The number of halogens is 2. The quantitative estimate of drug-likeness (QED) is 0.936. The van der Waals surface area contributed by atoms with E-state index in [0.717, 1.165) is 21.0 Å². The third kappa shape index (κ3) is 3.23. The van der Waals surface area contributed by atoms with Gasteiger partial charge < -0.3 is 5.32 Å². The van der Waals surface area contributed by atoms with E-state index >= 15 is 0 Å². The lowest BCUT2D eigenvalue weighted by molar-refractivity contribution is 0.612. The minimum absolute atomic E-state index is 0.221. The van der Waals surface area contributed by atoms with Gasteiger partial charge in [0.2, 0.25) is 5.13 Å². The molecule has 0 unspecified atom stereocenters. The van der Waals surface area contributed by atoms with Crippen molar-refractivity contribution >= 4 is 32.4 Å². The lowest BCUT2D eigenvalue weighted by Gasteiger charge is -2.04. The van der Waals surface area contributed by atoms with E-state index in [1.807, 2.05) is 6.92 Å². The molecular formula is C11H11BrFN3S. The van der Waals surface area contributed by atoms with Crippen molar-refractivity contribution < 1.29 is 4.39 Å². The molecule has 0 aliphatic carbocycles. The van der Waals surface area contributed by atoms with E-state index in [0.29, 0.717) is 12.1 Å². The summed E-state index contributed by atoms with van der Waals surface area (Å²) in [5.41, 5.74) is 0.604. The highest BCUT2D eigenvalue weighted by atomic mass is 79.9. The highest BCUT2D eigenvalue weighted by molar-refractivity contribution is 9.10. The number of aromatic nitrogens is 2. The molecule has 90 valence electrons. The van der Waals surface area contributed by atoms with E-state index in [2.05, 4.69) is 31.4 Å². The Bertz CT molecular complexity index is 515. The molecular weight excluding hydrogens is 305 g/mol. The van der Waals surface area contributed by atoms with Crippen molar-refractivity contribution in [3.05, 3.63) is 39.1 Å². The molecule has 2 rings (SSSR count). The van der Waals surface area contributed by atoms with Crippen LogP contribution in [0, 0.1) is 5.82 Å². The molecule has 2 aromatic rings. The second kappa shape index (κ2) is 5.55. The average Bonchev–Trinajstić information content (AvgIpc) is 2.78. The van der Waals surface area contributed by atoms with Gasteiger partial charge in [-0.05, 0) is 24.6 Å². The predicted molar refractivity (Wildman–Crippen MR) is 70.7 cm³/mol. The molecule has 0 amide bonds. The fourth-order valence-corrected chi connectivity index (χ4v) is 2.40. The monoisotopic (exact) mass is 315 g/mol.